The molecule has 1 aromatic rings. The van der Waals surface area contributed by atoms with Crippen LogP contribution in [0.2, 0.25) is 5.02 Å². The summed E-state index contributed by atoms with van der Waals surface area (Å²) in [5.74, 6) is 0. The van der Waals surface area contributed by atoms with Crippen LogP contribution in [0.5, 0.6) is 0 Å². The standard InChI is InChI=1S/C16H23ClN2O2/c1-15(2,3)21-14(20)19-13-5-4-11(8-12(13)17)9-16(10-18)6-7-16/h4-5,8H,6-7,9-10,18H2,1-3H3,(H,19,20). The Labute approximate surface area is 131 Å². The van der Waals surface area contributed by atoms with Crippen LogP contribution in [0, 0.1) is 5.41 Å². The van der Waals surface area contributed by atoms with Gasteiger partial charge in [0.25, 0.3) is 0 Å². The number of amides is 1. The topological polar surface area (TPSA) is 64.3 Å². The number of nitrogens with two attached hydrogens (primary N) is 1. The molecule has 4 nitrogen and oxygen atoms in total. The molecule has 5 heteroatoms. The summed E-state index contributed by atoms with van der Waals surface area (Å²) >= 11 is 6.24. The smallest absolute Gasteiger partial charge is 0.412 e. The molecule has 1 amide bonds. The molecule has 21 heavy (non-hydrogen) atoms. The predicted octanol–water partition coefficient (Wildman–Crippen LogP) is 3.97. The van der Waals surface area contributed by atoms with Crippen molar-refractivity contribution >= 4 is 23.4 Å². The molecular formula is C16H23ClN2O2. The lowest BCUT2D eigenvalue weighted by atomic mass is 9.96. The molecule has 1 aliphatic carbocycles. The second-order valence-electron chi connectivity index (χ2n) is 6.82. The molecule has 116 valence electrons. The SMILES string of the molecule is CC(C)(C)OC(=O)Nc1ccc(CC2(CN)CC2)cc1Cl. The molecule has 1 aliphatic rings. The van der Waals surface area contributed by atoms with E-state index < -0.39 is 11.7 Å². The van der Waals surface area contributed by atoms with Gasteiger partial charge in [-0.15, -0.1) is 0 Å². The number of carbonyl (C=O) groups is 1. The van der Waals surface area contributed by atoms with E-state index in [-0.39, 0.29) is 5.41 Å². The first-order valence-electron chi connectivity index (χ1n) is 7.22. The van der Waals surface area contributed by atoms with E-state index in [2.05, 4.69) is 5.32 Å². The molecule has 0 heterocycles. The maximum atomic E-state index is 11.7. The number of benzene rings is 1. The normalized spacial score (nSPS) is 16.4. The molecule has 2 rings (SSSR count). The lowest BCUT2D eigenvalue weighted by Crippen LogP contribution is -2.27. The second-order valence-corrected chi connectivity index (χ2v) is 7.23. The van der Waals surface area contributed by atoms with Crippen molar-refractivity contribution < 1.29 is 9.53 Å². The molecule has 1 saturated carbocycles. The molecule has 0 spiro atoms. The van der Waals surface area contributed by atoms with Crippen LogP contribution in [0.3, 0.4) is 0 Å². The third-order valence-electron chi connectivity index (χ3n) is 3.64. The minimum Gasteiger partial charge on any atom is -0.444 e. The predicted molar refractivity (Wildman–Crippen MR) is 85.7 cm³/mol. The first-order valence-corrected chi connectivity index (χ1v) is 7.59. The van der Waals surface area contributed by atoms with Gasteiger partial charge < -0.3 is 10.5 Å². The molecule has 0 aliphatic heterocycles. The number of carbonyl (C=O) groups excluding carboxylic acids is 1. The highest BCUT2D eigenvalue weighted by atomic mass is 35.5. The highest BCUT2D eigenvalue weighted by Crippen LogP contribution is 2.47. The summed E-state index contributed by atoms with van der Waals surface area (Å²) in [4.78, 5) is 11.7. The van der Waals surface area contributed by atoms with E-state index in [0.717, 1.165) is 12.0 Å². The van der Waals surface area contributed by atoms with Crippen molar-refractivity contribution in [3.05, 3.63) is 28.8 Å². The summed E-state index contributed by atoms with van der Waals surface area (Å²) in [7, 11) is 0. The van der Waals surface area contributed by atoms with Gasteiger partial charge in [-0.3, -0.25) is 5.32 Å². The number of anilines is 1. The van der Waals surface area contributed by atoms with Gasteiger partial charge in [0.15, 0.2) is 0 Å². The molecule has 3 N–H and O–H groups in total. The minimum atomic E-state index is -0.532. The summed E-state index contributed by atoms with van der Waals surface area (Å²) in [5.41, 5.74) is 7.25. The van der Waals surface area contributed by atoms with Gasteiger partial charge in [0.1, 0.15) is 5.60 Å². The molecule has 0 aromatic heterocycles. The first kappa shape index (κ1) is 16.1. The molecule has 0 bridgehead atoms. The molecule has 1 fully saturated rings. The van der Waals surface area contributed by atoms with Gasteiger partial charge in [-0.1, -0.05) is 17.7 Å². The van der Waals surface area contributed by atoms with Crippen molar-refractivity contribution in [2.75, 3.05) is 11.9 Å². The molecule has 0 radical (unpaired) electrons. The zero-order chi connectivity index (χ0) is 15.7. The average Bonchev–Trinajstić information content (AvgIpc) is 3.11. The molecule has 0 unspecified atom stereocenters. The number of rotatable bonds is 4. The molecule has 0 atom stereocenters. The van der Waals surface area contributed by atoms with E-state index in [0.29, 0.717) is 17.3 Å². The van der Waals surface area contributed by atoms with E-state index in [4.69, 9.17) is 22.1 Å². The second kappa shape index (κ2) is 5.85. The van der Waals surface area contributed by atoms with Crippen LogP contribution in [0.15, 0.2) is 18.2 Å². The monoisotopic (exact) mass is 310 g/mol. The lowest BCUT2D eigenvalue weighted by molar-refractivity contribution is 0.0636. The van der Waals surface area contributed by atoms with Crippen molar-refractivity contribution in [2.24, 2.45) is 11.1 Å². The van der Waals surface area contributed by atoms with E-state index in [1.807, 2.05) is 39.0 Å². The van der Waals surface area contributed by atoms with Crippen LogP contribution < -0.4 is 11.1 Å². The fourth-order valence-corrected chi connectivity index (χ4v) is 2.50. The van der Waals surface area contributed by atoms with Crippen LogP contribution in [-0.4, -0.2) is 18.2 Å². The Morgan fingerprint density at radius 2 is 2.10 bits per heavy atom. The van der Waals surface area contributed by atoms with Gasteiger partial charge in [0.2, 0.25) is 0 Å². The van der Waals surface area contributed by atoms with Gasteiger partial charge >= 0.3 is 6.09 Å². The summed E-state index contributed by atoms with van der Waals surface area (Å²) in [6.07, 6.45) is 2.80. The number of hydrogen-bond acceptors (Lipinski definition) is 3. The number of hydrogen-bond donors (Lipinski definition) is 2. The highest BCUT2D eigenvalue weighted by molar-refractivity contribution is 6.33. The van der Waals surface area contributed by atoms with Crippen molar-refractivity contribution in [3.8, 4) is 0 Å². The van der Waals surface area contributed by atoms with E-state index in [1.54, 1.807) is 0 Å². The van der Waals surface area contributed by atoms with Gasteiger partial charge in [0, 0.05) is 0 Å². The molecular weight excluding hydrogens is 288 g/mol. The molecule has 0 saturated heterocycles. The first-order chi connectivity index (χ1) is 9.73. The summed E-state index contributed by atoms with van der Waals surface area (Å²) in [5, 5.41) is 3.19. The third kappa shape index (κ3) is 4.61. The fourth-order valence-electron chi connectivity index (χ4n) is 2.25. The van der Waals surface area contributed by atoms with Gasteiger partial charge in [0.05, 0.1) is 10.7 Å². The lowest BCUT2D eigenvalue weighted by Gasteiger charge is -2.20. The van der Waals surface area contributed by atoms with Crippen LogP contribution in [0.4, 0.5) is 10.5 Å². The van der Waals surface area contributed by atoms with Crippen LogP contribution in [0.25, 0.3) is 0 Å². The van der Waals surface area contributed by atoms with Crippen molar-refractivity contribution in [1.82, 2.24) is 0 Å². The number of nitrogens with one attached hydrogen (secondary N) is 1. The zero-order valence-electron chi connectivity index (χ0n) is 12.8. The molecule has 1 aromatic carbocycles. The van der Waals surface area contributed by atoms with Gasteiger partial charge in [-0.05, 0) is 69.7 Å². The maximum Gasteiger partial charge on any atom is 0.412 e. The van der Waals surface area contributed by atoms with Crippen LogP contribution >= 0.6 is 11.6 Å². The minimum absolute atomic E-state index is 0.267. The van der Waals surface area contributed by atoms with E-state index in [9.17, 15) is 4.79 Å². The average molecular weight is 311 g/mol. The fraction of sp³-hybridized carbons (Fsp3) is 0.562. The van der Waals surface area contributed by atoms with Gasteiger partial charge in [-0.2, -0.15) is 0 Å². The Hall–Kier alpha value is -1.26. The maximum absolute atomic E-state index is 11.7. The quantitative estimate of drug-likeness (QED) is 0.884. The Bertz CT molecular complexity index is 534. The Morgan fingerprint density at radius 3 is 2.57 bits per heavy atom. The van der Waals surface area contributed by atoms with Crippen molar-refractivity contribution in [3.63, 3.8) is 0 Å². The Morgan fingerprint density at radius 1 is 1.43 bits per heavy atom. The van der Waals surface area contributed by atoms with Crippen LogP contribution in [-0.2, 0) is 11.2 Å². The number of halogens is 1. The number of ether oxygens (including phenoxy) is 1. The summed E-state index contributed by atoms with van der Waals surface area (Å²) in [6, 6.07) is 5.69. The largest absolute Gasteiger partial charge is 0.444 e. The van der Waals surface area contributed by atoms with E-state index in [1.165, 1.54) is 12.8 Å². The van der Waals surface area contributed by atoms with Crippen molar-refractivity contribution in [2.45, 2.75) is 45.6 Å². The Balaban J connectivity index is 2.01. The third-order valence-corrected chi connectivity index (χ3v) is 3.95. The summed E-state index contributed by atoms with van der Waals surface area (Å²) < 4.78 is 5.21. The van der Waals surface area contributed by atoms with Crippen LogP contribution in [0.1, 0.15) is 39.2 Å². The summed E-state index contributed by atoms with van der Waals surface area (Å²) in [6.45, 7) is 6.17. The van der Waals surface area contributed by atoms with Crippen molar-refractivity contribution in [1.29, 1.82) is 0 Å². The van der Waals surface area contributed by atoms with Gasteiger partial charge in [-0.25, -0.2) is 4.79 Å². The highest BCUT2D eigenvalue weighted by Gasteiger charge is 2.40. The Kier molecular flexibility index (Phi) is 4.49. The van der Waals surface area contributed by atoms with E-state index >= 15 is 0 Å². The zero-order valence-corrected chi connectivity index (χ0v) is 13.6.